The van der Waals surface area contributed by atoms with Gasteiger partial charge < -0.3 is 14.2 Å². The average molecular weight is 463 g/mol. The molecular formula is C29H34O5. The van der Waals surface area contributed by atoms with Gasteiger partial charge in [0.15, 0.2) is 23.0 Å². The van der Waals surface area contributed by atoms with Gasteiger partial charge in [0.05, 0.1) is 18.8 Å². The van der Waals surface area contributed by atoms with Crippen LogP contribution in [-0.2, 0) is 29.6 Å². The van der Waals surface area contributed by atoms with Crippen LogP contribution in [-0.4, -0.2) is 36.0 Å². The summed E-state index contributed by atoms with van der Waals surface area (Å²) in [5, 5.41) is 0. The topological polar surface area (TPSA) is 61.8 Å². The van der Waals surface area contributed by atoms with E-state index >= 15 is 0 Å². The van der Waals surface area contributed by atoms with E-state index < -0.39 is 11.4 Å². The summed E-state index contributed by atoms with van der Waals surface area (Å²) in [6, 6.07) is 10.0. The van der Waals surface area contributed by atoms with Gasteiger partial charge in [0.25, 0.3) is 0 Å². The quantitative estimate of drug-likeness (QED) is 0.636. The fourth-order valence-electron chi connectivity index (χ4n) is 9.50. The lowest BCUT2D eigenvalue weighted by Crippen LogP contribution is -2.60. The summed E-state index contributed by atoms with van der Waals surface area (Å²) in [7, 11) is 0. The Kier molecular flexibility index (Phi) is 4.22. The van der Waals surface area contributed by atoms with Crippen LogP contribution in [0.25, 0.3) is 0 Å². The molecule has 9 atom stereocenters. The van der Waals surface area contributed by atoms with E-state index in [9.17, 15) is 9.59 Å². The Balaban J connectivity index is 1.28. The van der Waals surface area contributed by atoms with Crippen molar-refractivity contribution in [2.24, 2.45) is 28.6 Å². The maximum Gasteiger partial charge on any atom is 0.193 e. The van der Waals surface area contributed by atoms with Gasteiger partial charge in [-0.1, -0.05) is 37.3 Å². The smallest absolute Gasteiger partial charge is 0.193 e. The van der Waals surface area contributed by atoms with E-state index in [1.54, 1.807) is 6.92 Å². The van der Waals surface area contributed by atoms with E-state index in [0.29, 0.717) is 24.2 Å². The second-order valence-electron chi connectivity index (χ2n) is 12.1. The number of Topliss-reactive ketones (excluding diaryl/α,β-unsaturated/α-hetero) is 1. The first-order valence-corrected chi connectivity index (χ1v) is 13.0. The zero-order valence-corrected chi connectivity index (χ0v) is 20.3. The molecule has 0 amide bonds. The molecule has 4 aliphatic carbocycles. The van der Waals surface area contributed by atoms with Gasteiger partial charge >= 0.3 is 0 Å². The number of hydrogen-bond acceptors (Lipinski definition) is 5. The van der Waals surface area contributed by atoms with Gasteiger partial charge in [-0.2, -0.15) is 0 Å². The molecule has 1 unspecified atom stereocenters. The van der Waals surface area contributed by atoms with Gasteiger partial charge in [0, 0.05) is 22.8 Å². The predicted molar refractivity (Wildman–Crippen MR) is 125 cm³/mol. The van der Waals surface area contributed by atoms with Crippen LogP contribution < -0.4 is 0 Å². The summed E-state index contributed by atoms with van der Waals surface area (Å²) in [6.07, 6.45) is 7.06. The molecular weight excluding hydrogens is 428 g/mol. The zero-order valence-electron chi connectivity index (χ0n) is 20.3. The molecule has 0 spiro atoms. The summed E-state index contributed by atoms with van der Waals surface area (Å²) >= 11 is 0. The highest BCUT2D eigenvalue weighted by Gasteiger charge is 2.76. The maximum atomic E-state index is 13.5. The van der Waals surface area contributed by atoms with Gasteiger partial charge in [-0.15, -0.1) is 0 Å². The molecule has 0 aromatic heterocycles. The normalized spacial score (nSPS) is 50.7. The van der Waals surface area contributed by atoms with Crippen molar-refractivity contribution in [3.8, 4) is 0 Å². The Morgan fingerprint density at radius 3 is 2.62 bits per heavy atom. The molecule has 5 nitrogen and oxygen atoms in total. The van der Waals surface area contributed by atoms with Crippen molar-refractivity contribution in [2.75, 3.05) is 6.61 Å². The lowest BCUT2D eigenvalue weighted by molar-refractivity contribution is -0.227. The molecule has 2 bridgehead atoms. The Hall–Kier alpha value is -1.82. The first kappa shape index (κ1) is 21.5. The molecule has 34 heavy (non-hydrogen) atoms. The molecule has 0 N–H and O–H groups in total. The van der Waals surface area contributed by atoms with E-state index in [0.717, 1.165) is 44.3 Å². The van der Waals surface area contributed by atoms with Gasteiger partial charge in [-0.25, -0.2) is 0 Å². The zero-order chi connectivity index (χ0) is 23.5. The second-order valence-corrected chi connectivity index (χ2v) is 12.1. The molecule has 5 fully saturated rings. The predicted octanol–water partition coefficient (Wildman–Crippen LogP) is 4.73. The number of hydrogen-bond donors (Lipinski definition) is 0. The second kappa shape index (κ2) is 6.68. The van der Waals surface area contributed by atoms with Crippen molar-refractivity contribution in [3.63, 3.8) is 0 Å². The van der Waals surface area contributed by atoms with Crippen LogP contribution in [0, 0.1) is 28.6 Å². The minimum absolute atomic E-state index is 0.0180. The number of fused-ring (bicyclic) bond motifs is 5. The number of carbonyl (C=O) groups is 2. The van der Waals surface area contributed by atoms with E-state index in [2.05, 4.69) is 6.92 Å². The minimum Gasteiger partial charge on any atom is -0.373 e. The molecule has 180 valence electrons. The third-order valence-electron chi connectivity index (χ3n) is 10.9. The number of benzene rings is 1. The summed E-state index contributed by atoms with van der Waals surface area (Å²) in [4.78, 5) is 25.8. The number of ketones is 2. The molecule has 5 heteroatoms. The molecule has 3 saturated carbocycles. The van der Waals surface area contributed by atoms with Crippen LogP contribution in [0.15, 0.2) is 42.0 Å². The summed E-state index contributed by atoms with van der Waals surface area (Å²) in [5.74, 6) is 0.752. The molecule has 6 aliphatic rings. The van der Waals surface area contributed by atoms with Gasteiger partial charge in [0.1, 0.15) is 0 Å². The van der Waals surface area contributed by atoms with Crippen LogP contribution in [0.2, 0.25) is 0 Å². The molecule has 7 rings (SSSR count). The number of ether oxygens (including phenoxy) is 3. The summed E-state index contributed by atoms with van der Waals surface area (Å²) < 4.78 is 20.0. The highest BCUT2D eigenvalue weighted by Crippen LogP contribution is 2.72. The minimum atomic E-state index is -0.927. The third-order valence-corrected chi connectivity index (χ3v) is 10.9. The average Bonchev–Trinajstić information content (AvgIpc) is 3.37. The standard InChI is InChI=1S/C29H34O5/c1-17(30)29-25(33-27(3,34-29)18-7-5-4-6-8-18)15-22-20-14-24-23-13-19(31)9-12-28(23,16-32-24)21(20)10-11-26(22,29)2/h4-8,13,20-22,24-25H,9-12,14-16H2,1-3H3/t20-,21+,22+,24-,25-,26+,27?,28+,29-/m1/s1. The largest absolute Gasteiger partial charge is 0.373 e. The Bertz CT molecular complexity index is 1110. The lowest BCUT2D eigenvalue weighted by atomic mass is 9.46. The van der Waals surface area contributed by atoms with Crippen molar-refractivity contribution in [1.82, 2.24) is 0 Å². The van der Waals surface area contributed by atoms with Crippen LogP contribution in [0.4, 0.5) is 0 Å². The van der Waals surface area contributed by atoms with E-state index in [-0.39, 0.29) is 34.6 Å². The van der Waals surface area contributed by atoms with Crippen molar-refractivity contribution >= 4 is 11.6 Å². The molecule has 2 heterocycles. The third kappa shape index (κ3) is 2.37. The number of rotatable bonds is 2. The van der Waals surface area contributed by atoms with Gasteiger partial charge in [-0.05, 0) is 75.4 Å². The first-order valence-electron chi connectivity index (χ1n) is 13.0. The van der Waals surface area contributed by atoms with E-state index in [1.165, 1.54) is 5.57 Å². The maximum absolute atomic E-state index is 13.5. The van der Waals surface area contributed by atoms with Crippen molar-refractivity contribution in [3.05, 3.63) is 47.5 Å². The molecule has 0 radical (unpaired) electrons. The summed E-state index contributed by atoms with van der Waals surface area (Å²) in [5.41, 5.74) is 1.05. The van der Waals surface area contributed by atoms with Crippen LogP contribution in [0.3, 0.4) is 0 Å². The van der Waals surface area contributed by atoms with Gasteiger partial charge in [0.2, 0.25) is 0 Å². The summed E-state index contributed by atoms with van der Waals surface area (Å²) in [6.45, 7) is 6.72. The lowest BCUT2D eigenvalue weighted by Gasteiger charge is -2.58. The molecule has 2 saturated heterocycles. The Labute approximate surface area is 201 Å². The Morgan fingerprint density at radius 2 is 1.85 bits per heavy atom. The molecule has 1 aromatic carbocycles. The van der Waals surface area contributed by atoms with Crippen molar-refractivity contribution in [1.29, 1.82) is 0 Å². The van der Waals surface area contributed by atoms with E-state index in [1.807, 2.05) is 43.3 Å². The fourth-order valence-corrected chi connectivity index (χ4v) is 9.50. The Morgan fingerprint density at radius 1 is 1.06 bits per heavy atom. The van der Waals surface area contributed by atoms with E-state index in [4.69, 9.17) is 14.2 Å². The molecule has 2 aliphatic heterocycles. The monoisotopic (exact) mass is 462 g/mol. The van der Waals surface area contributed by atoms with Crippen LogP contribution >= 0.6 is 0 Å². The van der Waals surface area contributed by atoms with Crippen molar-refractivity contribution < 1.29 is 23.8 Å². The van der Waals surface area contributed by atoms with Crippen molar-refractivity contribution in [2.45, 2.75) is 82.9 Å². The highest BCUT2D eigenvalue weighted by molar-refractivity contribution is 5.92. The van der Waals surface area contributed by atoms with Gasteiger partial charge in [-0.3, -0.25) is 9.59 Å². The van der Waals surface area contributed by atoms with Crippen LogP contribution in [0.5, 0.6) is 0 Å². The van der Waals surface area contributed by atoms with Crippen LogP contribution in [0.1, 0.15) is 64.9 Å². The number of carbonyl (C=O) groups excluding carboxylic acids is 2. The first-order chi connectivity index (χ1) is 16.2. The highest BCUT2D eigenvalue weighted by atomic mass is 16.8. The molecule has 1 aromatic rings. The fraction of sp³-hybridized carbons (Fsp3) is 0.655. The SMILES string of the molecule is CC(=O)[C@@]12OC(C)(c3ccccc3)O[C@@H]1C[C@H]1[C@@H]3C[C@H]4OC[C@@]5(CCC(=O)C=C45)[C@H]3CC[C@@]12C.